The summed E-state index contributed by atoms with van der Waals surface area (Å²) in [5, 5.41) is 2.62. The second-order valence-corrected chi connectivity index (χ2v) is 8.31. The highest BCUT2D eigenvalue weighted by Gasteiger charge is 2.42. The molecule has 1 aliphatic rings. The highest BCUT2D eigenvalue weighted by Crippen LogP contribution is 2.46. The summed E-state index contributed by atoms with van der Waals surface area (Å²) in [6, 6.07) is 1.75. The minimum absolute atomic E-state index is 0.150. The Hall–Kier alpha value is 0.570. The Kier molecular flexibility index (Phi) is 3.81. The molecule has 0 saturated heterocycles. The fourth-order valence-corrected chi connectivity index (χ4v) is 5.62. The maximum atomic E-state index is 12.0. The van der Waals surface area contributed by atoms with Gasteiger partial charge in [-0.05, 0) is 45.6 Å². The van der Waals surface area contributed by atoms with Gasteiger partial charge in [0.05, 0.1) is 0 Å². The summed E-state index contributed by atoms with van der Waals surface area (Å²) in [6.07, 6.45) is 2.18. The lowest BCUT2D eigenvalue weighted by molar-refractivity contribution is 0.539. The van der Waals surface area contributed by atoms with Crippen molar-refractivity contribution in [1.82, 2.24) is 4.72 Å². The zero-order chi connectivity index (χ0) is 11.8. The summed E-state index contributed by atoms with van der Waals surface area (Å²) < 4.78 is 27.6. The van der Waals surface area contributed by atoms with E-state index in [2.05, 4.69) is 36.6 Å². The second-order valence-electron chi connectivity index (χ2n) is 4.01. The molecule has 0 bridgehead atoms. The van der Waals surface area contributed by atoms with E-state index in [1.165, 1.54) is 11.3 Å². The van der Waals surface area contributed by atoms with Crippen molar-refractivity contribution in [2.75, 3.05) is 11.9 Å². The van der Waals surface area contributed by atoms with Crippen molar-refractivity contribution < 1.29 is 8.42 Å². The molecule has 0 radical (unpaired) electrons. The molecule has 0 unspecified atom stereocenters. The van der Waals surface area contributed by atoms with Crippen LogP contribution in [0.2, 0.25) is 0 Å². The molecule has 7 heteroatoms. The maximum absolute atomic E-state index is 12.0. The van der Waals surface area contributed by atoms with Gasteiger partial charge in [-0.1, -0.05) is 15.9 Å². The Balaban J connectivity index is 2.07. The van der Waals surface area contributed by atoms with Gasteiger partial charge in [0.15, 0.2) is 0 Å². The number of nitrogens with one attached hydrogen (secondary N) is 1. The Morgan fingerprint density at radius 3 is 2.62 bits per heavy atom. The number of hydrogen-bond acceptors (Lipinski definition) is 3. The number of rotatable bonds is 5. The van der Waals surface area contributed by atoms with E-state index < -0.39 is 10.0 Å². The van der Waals surface area contributed by atoms with Crippen molar-refractivity contribution in [1.29, 1.82) is 0 Å². The second kappa shape index (κ2) is 4.68. The zero-order valence-electron chi connectivity index (χ0n) is 8.37. The van der Waals surface area contributed by atoms with Gasteiger partial charge in [0, 0.05) is 16.3 Å². The number of sulfonamides is 1. The third-order valence-corrected chi connectivity index (χ3v) is 7.97. The van der Waals surface area contributed by atoms with Gasteiger partial charge in [0.2, 0.25) is 0 Å². The normalized spacial score (nSPS) is 18.6. The van der Waals surface area contributed by atoms with Crippen molar-refractivity contribution >= 4 is 53.2 Å². The third-order valence-electron chi connectivity index (χ3n) is 2.71. The molecule has 0 amide bonds. The van der Waals surface area contributed by atoms with E-state index in [0.29, 0.717) is 15.2 Å². The van der Waals surface area contributed by atoms with Gasteiger partial charge in [-0.25, -0.2) is 13.1 Å². The van der Waals surface area contributed by atoms with Gasteiger partial charge in [-0.15, -0.1) is 11.3 Å². The van der Waals surface area contributed by atoms with E-state index in [1.54, 1.807) is 11.4 Å². The Bertz CT molecular complexity index is 479. The zero-order valence-corrected chi connectivity index (χ0v) is 13.2. The monoisotopic (exact) mass is 387 g/mol. The van der Waals surface area contributed by atoms with Crippen LogP contribution in [0.4, 0.5) is 0 Å². The Morgan fingerprint density at radius 1 is 1.50 bits per heavy atom. The maximum Gasteiger partial charge on any atom is 0.251 e. The Labute approximate surface area is 116 Å². The van der Waals surface area contributed by atoms with Crippen molar-refractivity contribution in [3.8, 4) is 0 Å². The van der Waals surface area contributed by atoms with Crippen LogP contribution >= 0.6 is 43.2 Å². The van der Waals surface area contributed by atoms with E-state index >= 15 is 0 Å². The summed E-state index contributed by atoms with van der Waals surface area (Å²) in [7, 11) is -3.35. The van der Waals surface area contributed by atoms with Crippen LogP contribution in [0.1, 0.15) is 12.8 Å². The summed E-state index contributed by atoms with van der Waals surface area (Å²) in [5.41, 5.74) is 0.150. The van der Waals surface area contributed by atoms with Crippen LogP contribution in [-0.4, -0.2) is 20.3 Å². The van der Waals surface area contributed by atoms with Gasteiger partial charge in [0.1, 0.15) is 4.21 Å². The van der Waals surface area contributed by atoms with Gasteiger partial charge < -0.3 is 0 Å². The standard InChI is InChI=1S/C9H11Br2NO2S2/c10-5-9(2-3-9)6-12-16(13,14)8-7(11)1-4-15-8/h1,4,12H,2-3,5-6H2. The summed E-state index contributed by atoms with van der Waals surface area (Å²) in [5.74, 6) is 0. The minimum atomic E-state index is -3.35. The first-order valence-electron chi connectivity index (χ1n) is 4.78. The molecule has 1 aliphatic carbocycles. The van der Waals surface area contributed by atoms with E-state index in [1.807, 2.05) is 0 Å². The number of thiophene rings is 1. The highest BCUT2D eigenvalue weighted by atomic mass is 79.9. The van der Waals surface area contributed by atoms with Gasteiger partial charge in [-0.2, -0.15) is 0 Å². The van der Waals surface area contributed by atoms with Gasteiger partial charge in [-0.3, -0.25) is 0 Å². The smallest absolute Gasteiger partial charge is 0.210 e. The summed E-state index contributed by atoms with van der Waals surface area (Å²) in [4.78, 5) is 0. The fraction of sp³-hybridized carbons (Fsp3) is 0.556. The van der Waals surface area contributed by atoms with Crippen LogP contribution in [0.15, 0.2) is 20.1 Å². The molecular formula is C9H11Br2NO2S2. The first-order valence-corrected chi connectivity index (χ1v) is 9.05. The van der Waals surface area contributed by atoms with Crippen molar-refractivity contribution in [3.05, 3.63) is 15.9 Å². The molecule has 1 heterocycles. The van der Waals surface area contributed by atoms with Crippen molar-refractivity contribution in [2.45, 2.75) is 17.1 Å². The highest BCUT2D eigenvalue weighted by molar-refractivity contribution is 9.10. The Morgan fingerprint density at radius 2 is 2.19 bits per heavy atom. The van der Waals surface area contributed by atoms with Crippen LogP contribution in [-0.2, 0) is 10.0 Å². The molecule has 2 rings (SSSR count). The fourth-order valence-electron chi connectivity index (χ4n) is 1.32. The first-order chi connectivity index (χ1) is 7.49. The predicted octanol–water partition coefficient (Wildman–Crippen LogP) is 2.96. The topological polar surface area (TPSA) is 46.2 Å². The minimum Gasteiger partial charge on any atom is -0.210 e. The number of halogens is 2. The lowest BCUT2D eigenvalue weighted by Crippen LogP contribution is -2.30. The van der Waals surface area contributed by atoms with Gasteiger partial charge >= 0.3 is 0 Å². The molecule has 0 aromatic carbocycles. The van der Waals surface area contributed by atoms with Crippen LogP contribution in [0.5, 0.6) is 0 Å². The first kappa shape index (κ1) is 13.0. The molecule has 90 valence electrons. The largest absolute Gasteiger partial charge is 0.251 e. The van der Waals surface area contributed by atoms with Crippen LogP contribution < -0.4 is 4.72 Å². The molecule has 1 aromatic rings. The van der Waals surface area contributed by atoms with E-state index in [-0.39, 0.29) is 5.41 Å². The third kappa shape index (κ3) is 2.69. The molecule has 0 spiro atoms. The van der Waals surface area contributed by atoms with E-state index in [4.69, 9.17) is 0 Å². The molecular weight excluding hydrogens is 378 g/mol. The summed E-state index contributed by atoms with van der Waals surface area (Å²) >= 11 is 7.89. The lowest BCUT2D eigenvalue weighted by atomic mass is 10.1. The molecule has 0 aliphatic heterocycles. The van der Waals surface area contributed by atoms with E-state index in [0.717, 1.165) is 18.2 Å². The van der Waals surface area contributed by atoms with Crippen LogP contribution in [0.25, 0.3) is 0 Å². The molecule has 16 heavy (non-hydrogen) atoms. The average molecular weight is 389 g/mol. The number of alkyl halides is 1. The van der Waals surface area contributed by atoms with Crippen molar-refractivity contribution in [2.24, 2.45) is 5.41 Å². The quantitative estimate of drug-likeness (QED) is 0.788. The molecule has 1 fully saturated rings. The molecule has 1 N–H and O–H groups in total. The molecule has 0 atom stereocenters. The van der Waals surface area contributed by atoms with Gasteiger partial charge in [0.25, 0.3) is 10.0 Å². The van der Waals surface area contributed by atoms with E-state index in [9.17, 15) is 8.42 Å². The molecule has 3 nitrogen and oxygen atoms in total. The predicted molar refractivity (Wildman–Crippen MR) is 72.7 cm³/mol. The molecule has 1 aromatic heterocycles. The molecule has 1 saturated carbocycles. The van der Waals surface area contributed by atoms with Crippen molar-refractivity contribution in [3.63, 3.8) is 0 Å². The SMILES string of the molecule is O=S(=O)(NCC1(CBr)CC1)c1sccc1Br. The average Bonchev–Trinajstić information content (AvgIpc) is 2.91. The number of hydrogen-bond donors (Lipinski definition) is 1. The summed E-state index contributed by atoms with van der Waals surface area (Å²) in [6.45, 7) is 0.519. The van der Waals surface area contributed by atoms with Crippen LogP contribution in [0.3, 0.4) is 0 Å². The van der Waals surface area contributed by atoms with Crippen LogP contribution in [0, 0.1) is 5.41 Å². The lowest BCUT2D eigenvalue weighted by Gasteiger charge is -2.12.